The number of aromatic nitrogens is 2. The molecule has 8 atom stereocenters. The van der Waals surface area contributed by atoms with E-state index in [9.17, 15) is 15.5 Å². The summed E-state index contributed by atoms with van der Waals surface area (Å²) in [7, 11) is 3.88. The van der Waals surface area contributed by atoms with Crippen LogP contribution < -0.4 is 0 Å². The van der Waals surface area contributed by atoms with Crippen molar-refractivity contribution in [2.45, 2.75) is 74.9 Å². The Hall–Kier alpha value is -2.63. The van der Waals surface area contributed by atoms with E-state index in [0.717, 1.165) is 42.2 Å². The average molecular weight is 499 g/mol. The third kappa shape index (κ3) is 2.80. The number of hydrogen-bond acceptors (Lipinski definition) is 7. The zero-order chi connectivity index (χ0) is 25.8. The summed E-state index contributed by atoms with van der Waals surface area (Å²) in [5, 5.41) is 42.4. The van der Waals surface area contributed by atoms with E-state index in [-0.39, 0.29) is 17.4 Å². The Labute approximate surface area is 217 Å². The number of aliphatic hydroxyl groups is 2. The highest BCUT2D eigenvalue weighted by molar-refractivity contribution is 5.84. The number of fused-ring (bicyclic) bond motifs is 2. The van der Waals surface area contributed by atoms with Gasteiger partial charge in [0.25, 0.3) is 0 Å². The number of rotatable bonds is 2. The van der Waals surface area contributed by atoms with Gasteiger partial charge in [0.05, 0.1) is 35.1 Å². The topological polar surface area (TPSA) is 102 Å². The Morgan fingerprint density at radius 2 is 1.97 bits per heavy atom. The third-order valence-electron chi connectivity index (χ3n) is 10.8. The number of ether oxygens (including phenoxy) is 1. The first kappa shape index (κ1) is 23.5. The summed E-state index contributed by atoms with van der Waals surface area (Å²) in [5.41, 5.74) is 1.91. The molecule has 1 aromatic carbocycles. The Kier molecular flexibility index (Phi) is 4.75. The fourth-order valence-corrected chi connectivity index (χ4v) is 8.84. The lowest BCUT2D eigenvalue weighted by Crippen LogP contribution is -2.66. The van der Waals surface area contributed by atoms with Crippen molar-refractivity contribution in [1.82, 2.24) is 15.1 Å². The molecule has 7 heteroatoms. The van der Waals surface area contributed by atoms with Crippen LogP contribution in [0.25, 0.3) is 16.5 Å². The number of hydrogen-bond donors (Lipinski definition) is 2. The standard InChI is InChI=1S/C30H34N4O3/c1-27-9-10-28(17-31)15-21-25(35)26(36)23(34(2)3)16-29(21)11-12-30(28,37-29)24(27)7-6-20(27)19-5-4-18-8-13-32-33-22(18)14-19/h4-6,8,13-15,23-26,35-36H,7,9-12,16H2,1-3H3/t23-,24?,25+,26+,27+,28?,29+,30-/m0/s1. The fourth-order valence-electron chi connectivity index (χ4n) is 8.84. The Balaban J connectivity index is 1.32. The van der Waals surface area contributed by atoms with Crippen LogP contribution in [-0.2, 0) is 4.74 Å². The predicted octanol–water partition coefficient (Wildman–Crippen LogP) is 3.63. The molecular formula is C30H34N4O3. The highest BCUT2D eigenvalue weighted by Gasteiger charge is 2.74. The van der Waals surface area contributed by atoms with E-state index in [1.807, 2.05) is 31.1 Å². The highest BCUT2D eigenvalue weighted by atomic mass is 16.5. The second-order valence-corrected chi connectivity index (χ2v) is 12.5. The second kappa shape index (κ2) is 7.48. The van der Waals surface area contributed by atoms with E-state index in [1.54, 1.807) is 6.20 Å². The maximum atomic E-state index is 11.3. The molecule has 192 valence electrons. The van der Waals surface area contributed by atoms with Crippen LogP contribution in [0.5, 0.6) is 0 Å². The monoisotopic (exact) mass is 498 g/mol. The smallest absolute Gasteiger partial charge is 0.105 e. The van der Waals surface area contributed by atoms with Crippen LogP contribution in [0.3, 0.4) is 0 Å². The van der Waals surface area contributed by atoms with Crippen molar-refractivity contribution in [3.8, 4) is 6.07 Å². The van der Waals surface area contributed by atoms with Crippen LogP contribution in [0.2, 0.25) is 0 Å². The van der Waals surface area contributed by atoms with Crippen LogP contribution >= 0.6 is 0 Å². The fraction of sp³-hybridized carbons (Fsp3) is 0.567. The van der Waals surface area contributed by atoms with Crippen LogP contribution in [0, 0.1) is 28.1 Å². The lowest BCUT2D eigenvalue weighted by Gasteiger charge is -2.61. The van der Waals surface area contributed by atoms with Crippen LogP contribution in [0.1, 0.15) is 51.0 Å². The van der Waals surface area contributed by atoms with Gasteiger partial charge in [-0.2, -0.15) is 15.5 Å². The SMILES string of the molecule is CN(C)[C@H]1C[C@@]23CC[C@]4(O2)C2CC=C(c5ccc6ccnnc6c5)[C@@]2(C)CCC4(C#N)C=C3[C@@H](O)[C@@H]1O. The number of aliphatic hydroxyl groups excluding tert-OH is 2. The summed E-state index contributed by atoms with van der Waals surface area (Å²) >= 11 is 0. The molecule has 3 heterocycles. The summed E-state index contributed by atoms with van der Waals surface area (Å²) in [6.07, 6.45) is 8.77. The van der Waals surface area contributed by atoms with Gasteiger partial charge in [0.2, 0.25) is 0 Å². The first-order valence-electron chi connectivity index (χ1n) is 13.5. The number of nitrogens with zero attached hydrogens (tertiary/aromatic N) is 4. The largest absolute Gasteiger partial charge is 0.388 e. The molecule has 2 bridgehead atoms. The molecule has 7 nitrogen and oxygen atoms in total. The van der Waals surface area contributed by atoms with Gasteiger partial charge in [-0.25, -0.2) is 0 Å². The maximum Gasteiger partial charge on any atom is 0.105 e. The number of nitriles is 1. The van der Waals surface area contributed by atoms with Gasteiger partial charge in [-0.15, -0.1) is 0 Å². The molecule has 2 N–H and O–H groups in total. The third-order valence-corrected chi connectivity index (χ3v) is 10.8. The van der Waals surface area contributed by atoms with E-state index < -0.39 is 28.8 Å². The predicted molar refractivity (Wildman–Crippen MR) is 139 cm³/mol. The van der Waals surface area contributed by atoms with Crippen molar-refractivity contribution in [2.24, 2.45) is 16.7 Å². The molecule has 5 aliphatic rings. The Morgan fingerprint density at radius 3 is 2.76 bits per heavy atom. The maximum absolute atomic E-state index is 11.3. The van der Waals surface area contributed by atoms with Crippen molar-refractivity contribution in [3.63, 3.8) is 0 Å². The minimum atomic E-state index is -1.02. The summed E-state index contributed by atoms with van der Waals surface area (Å²) in [5.74, 6) is 0.153. The first-order valence-corrected chi connectivity index (χ1v) is 13.5. The van der Waals surface area contributed by atoms with Gasteiger partial charge in [0.15, 0.2) is 0 Å². The molecule has 0 amide bonds. The van der Waals surface area contributed by atoms with Crippen LogP contribution in [0.15, 0.2) is 48.2 Å². The molecule has 2 aliphatic heterocycles. The summed E-state index contributed by atoms with van der Waals surface area (Å²) in [6, 6.07) is 10.9. The second-order valence-electron chi connectivity index (χ2n) is 12.5. The van der Waals surface area contributed by atoms with Crippen molar-refractivity contribution in [2.75, 3.05) is 14.1 Å². The molecule has 2 aromatic rings. The van der Waals surface area contributed by atoms with Gasteiger partial charge in [0, 0.05) is 17.3 Å². The summed E-state index contributed by atoms with van der Waals surface area (Å²) in [4.78, 5) is 1.99. The van der Waals surface area contributed by atoms with E-state index >= 15 is 0 Å². The van der Waals surface area contributed by atoms with Crippen LogP contribution in [-0.4, -0.2) is 68.9 Å². The molecule has 1 aromatic heterocycles. The van der Waals surface area contributed by atoms with Gasteiger partial charge >= 0.3 is 0 Å². The van der Waals surface area contributed by atoms with Crippen LogP contribution in [0.4, 0.5) is 0 Å². The molecule has 1 saturated heterocycles. The molecule has 3 fully saturated rings. The zero-order valence-electron chi connectivity index (χ0n) is 21.7. The van der Waals surface area contributed by atoms with Gasteiger partial charge in [-0.05, 0) is 86.9 Å². The quantitative estimate of drug-likeness (QED) is 0.610. The molecule has 0 radical (unpaired) electrons. The molecule has 37 heavy (non-hydrogen) atoms. The van der Waals surface area contributed by atoms with Gasteiger partial charge < -0.3 is 19.8 Å². The number of allylic oxidation sites excluding steroid dienone is 2. The molecule has 3 aliphatic carbocycles. The summed E-state index contributed by atoms with van der Waals surface area (Å²) < 4.78 is 7.26. The van der Waals surface area contributed by atoms with Crippen molar-refractivity contribution < 1.29 is 14.9 Å². The van der Waals surface area contributed by atoms with E-state index in [1.165, 1.54) is 11.1 Å². The number of benzene rings is 1. The van der Waals surface area contributed by atoms with Crippen molar-refractivity contribution in [3.05, 3.63) is 53.8 Å². The minimum absolute atomic E-state index is 0.138. The molecule has 2 unspecified atom stereocenters. The van der Waals surface area contributed by atoms with Gasteiger partial charge in [-0.1, -0.05) is 31.2 Å². The Morgan fingerprint density at radius 1 is 1.14 bits per heavy atom. The Bertz CT molecular complexity index is 1410. The normalized spacial score (nSPS) is 44.0. The van der Waals surface area contributed by atoms with Gasteiger partial charge in [0.1, 0.15) is 11.5 Å². The van der Waals surface area contributed by atoms with E-state index in [2.05, 4.69) is 47.5 Å². The molecule has 2 spiro atoms. The number of likely N-dealkylation sites (N-methyl/N-ethyl adjacent to an activating group) is 1. The highest BCUT2D eigenvalue weighted by Crippen LogP contribution is 2.72. The lowest BCUT2D eigenvalue weighted by molar-refractivity contribution is -0.223. The van der Waals surface area contributed by atoms with E-state index in [4.69, 9.17) is 4.74 Å². The lowest BCUT2D eigenvalue weighted by atomic mass is 9.49. The molecular weight excluding hydrogens is 464 g/mol. The summed E-state index contributed by atoms with van der Waals surface area (Å²) in [6.45, 7) is 2.35. The average Bonchev–Trinajstić information content (AvgIpc) is 3.42. The minimum Gasteiger partial charge on any atom is -0.388 e. The zero-order valence-corrected chi connectivity index (χ0v) is 21.7. The molecule has 2 saturated carbocycles. The van der Waals surface area contributed by atoms with Crippen molar-refractivity contribution in [1.29, 1.82) is 5.26 Å². The van der Waals surface area contributed by atoms with Crippen molar-refractivity contribution >= 4 is 16.5 Å². The van der Waals surface area contributed by atoms with E-state index in [0.29, 0.717) is 12.8 Å². The van der Waals surface area contributed by atoms with Gasteiger partial charge in [-0.3, -0.25) is 0 Å². The molecule has 7 rings (SSSR count). The first-order chi connectivity index (χ1) is 17.7.